The number of carbonyl (C=O) groups is 1. The fourth-order valence-electron chi connectivity index (χ4n) is 1.52. The molecule has 0 saturated heterocycles. The summed E-state index contributed by atoms with van der Waals surface area (Å²) >= 11 is 3.08. The van der Waals surface area contributed by atoms with Crippen LogP contribution in [0.3, 0.4) is 0 Å². The van der Waals surface area contributed by atoms with Crippen LogP contribution in [0.2, 0.25) is 0 Å². The van der Waals surface area contributed by atoms with Gasteiger partial charge in [-0.2, -0.15) is 0 Å². The van der Waals surface area contributed by atoms with Crippen molar-refractivity contribution in [1.29, 1.82) is 0 Å². The third-order valence-electron chi connectivity index (χ3n) is 2.48. The van der Waals surface area contributed by atoms with E-state index in [1.54, 1.807) is 0 Å². The Morgan fingerprint density at radius 1 is 1.05 bits per heavy atom. The average Bonchev–Trinajstić information content (AvgIpc) is 2.40. The number of ether oxygens (including phenoxy) is 1. The molecule has 20 heavy (non-hydrogen) atoms. The van der Waals surface area contributed by atoms with Gasteiger partial charge in [-0.05, 0) is 36.4 Å². The first-order valence-electron chi connectivity index (χ1n) is 5.53. The van der Waals surface area contributed by atoms with Crippen molar-refractivity contribution < 1.29 is 22.7 Å². The van der Waals surface area contributed by atoms with Gasteiger partial charge in [-0.1, -0.05) is 15.9 Å². The van der Waals surface area contributed by atoms with Crippen LogP contribution in [-0.2, 0) is 0 Å². The predicted molar refractivity (Wildman–Crippen MR) is 70.3 cm³/mol. The lowest BCUT2D eigenvalue weighted by Crippen LogP contribution is -2.14. The summed E-state index contributed by atoms with van der Waals surface area (Å²) in [4.78, 5) is 11.7. The highest BCUT2D eigenvalue weighted by Gasteiger charge is 2.14. The molecule has 0 aliphatic heterocycles. The fraction of sp³-hybridized carbons (Fsp3) is 0.0714. The standard InChI is InChI=1S/C14H8BrF3O2/c15-8-1-4-14(12(18)5-8)20-7-13(19)10-6-9(16)2-3-11(10)17/h1-6H,7H2. The first-order chi connectivity index (χ1) is 9.47. The van der Waals surface area contributed by atoms with Crippen molar-refractivity contribution in [2.45, 2.75) is 0 Å². The van der Waals surface area contributed by atoms with Crippen molar-refractivity contribution in [2.75, 3.05) is 6.61 Å². The molecule has 0 bridgehead atoms. The normalized spacial score (nSPS) is 10.4. The summed E-state index contributed by atoms with van der Waals surface area (Å²) < 4.78 is 45.2. The summed E-state index contributed by atoms with van der Waals surface area (Å²) in [7, 11) is 0. The van der Waals surface area contributed by atoms with Crippen molar-refractivity contribution in [3.8, 4) is 5.75 Å². The van der Waals surface area contributed by atoms with E-state index in [1.165, 1.54) is 18.2 Å². The number of hydrogen-bond donors (Lipinski definition) is 0. The minimum atomic E-state index is -0.851. The molecule has 0 spiro atoms. The molecular weight excluding hydrogens is 337 g/mol. The van der Waals surface area contributed by atoms with Crippen molar-refractivity contribution >= 4 is 21.7 Å². The molecule has 0 aromatic heterocycles. The van der Waals surface area contributed by atoms with Crippen molar-refractivity contribution in [3.05, 3.63) is 63.9 Å². The van der Waals surface area contributed by atoms with Crippen LogP contribution in [0.15, 0.2) is 40.9 Å². The summed E-state index contributed by atoms with van der Waals surface area (Å²) in [5.74, 6) is -3.16. The highest BCUT2D eigenvalue weighted by molar-refractivity contribution is 9.10. The van der Waals surface area contributed by atoms with Gasteiger partial charge in [0.15, 0.2) is 18.2 Å². The van der Waals surface area contributed by atoms with Crippen LogP contribution in [-0.4, -0.2) is 12.4 Å². The maximum absolute atomic E-state index is 13.4. The van der Waals surface area contributed by atoms with E-state index in [4.69, 9.17) is 4.74 Å². The molecule has 0 aliphatic carbocycles. The Morgan fingerprint density at radius 3 is 2.50 bits per heavy atom. The highest BCUT2D eigenvalue weighted by atomic mass is 79.9. The van der Waals surface area contributed by atoms with E-state index in [9.17, 15) is 18.0 Å². The maximum Gasteiger partial charge on any atom is 0.203 e. The Bertz CT molecular complexity index is 659. The van der Waals surface area contributed by atoms with E-state index in [0.717, 1.165) is 18.2 Å². The Labute approximate surface area is 121 Å². The predicted octanol–water partition coefficient (Wildman–Crippen LogP) is 4.13. The molecule has 0 heterocycles. The molecular formula is C14H8BrF3O2. The summed E-state index contributed by atoms with van der Waals surface area (Å²) in [6.07, 6.45) is 0. The van der Waals surface area contributed by atoms with Crippen LogP contribution in [0, 0.1) is 17.5 Å². The van der Waals surface area contributed by atoms with Crippen LogP contribution in [0.4, 0.5) is 13.2 Å². The first-order valence-corrected chi connectivity index (χ1v) is 6.33. The van der Waals surface area contributed by atoms with E-state index in [1.807, 2.05) is 0 Å². The minimum absolute atomic E-state index is 0.140. The zero-order chi connectivity index (χ0) is 14.7. The number of benzene rings is 2. The summed E-state index contributed by atoms with van der Waals surface area (Å²) in [5, 5.41) is 0. The van der Waals surface area contributed by atoms with E-state index in [-0.39, 0.29) is 5.75 Å². The summed E-state index contributed by atoms with van der Waals surface area (Å²) in [6, 6.07) is 6.56. The molecule has 0 saturated carbocycles. The summed E-state index contributed by atoms with van der Waals surface area (Å²) in [6.45, 7) is -0.584. The molecule has 0 N–H and O–H groups in total. The molecule has 104 valence electrons. The molecule has 0 amide bonds. The van der Waals surface area contributed by atoms with Gasteiger partial charge in [0.1, 0.15) is 11.6 Å². The van der Waals surface area contributed by atoms with Crippen LogP contribution in [0.1, 0.15) is 10.4 Å². The number of ketones is 1. The van der Waals surface area contributed by atoms with Crippen LogP contribution in [0.5, 0.6) is 5.75 Å². The number of halogens is 4. The molecule has 2 nitrogen and oxygen atoms in total. The van der Waals surface area contributed by atoms with Crippen LogP contribution in [0.25, 0.3) is 0 Å². The van der Waals surface area contributed by atoms with E-state index in [0.29, 0.717) is 4.47 Å². The molecule has 0 fully saturated rings. The van der Waals surface area contributed by atoms with Gasteiger partial charge >= 0.3 is 0 Å². The second kappa shape index (κ2) is 6.09. The molecule has 0 radical (unpaired) electrons. The molecule has 0 unspecified atom stereocenters. The first kappa shape index (κ1) is 14.6. The number of rotatable bonds is 4. The molecule has 2 rings (SSSR count). The Balaban J connectivity index is 2.10. The van der Waals surface area contributed by atoms with Gasteiger partial charge in [0, 0.05) is 4.47 Å². The van der Waals surface area contributed by atoms with Crippen molar-refractivity contribution in [2.24, 2.45) is 0 Å². The molecule has 6 heteroatoms. The Morgan fingerprint density at radius 2 is 1.80 bits per heavy atom. The average molecular weight is 345 g/mol. The van der Waals surface area contributed by atoms with E-state index < -0.39 is 35.4 Å². The molecule has 0 aliphatic rings. The molecule has 2 aromatic rings. The smallest absolute Gasteiger partial charge is 0.203 e. The largest absolute Gasteiger partial charge is 0.482 e. The van der Waals surface area contributed by atoms with Crippen LogP contribution < -0.4 is 4.74 Å². The topological polar surface area (TPSA) is 26.3 Å². The Kier molecular flexibility index (Phi) is 4.44. The third-order valence-corrected chi connectivity index (χ3v) is 2.97. The number of Topliss-reactive ketones (excluding diaryl/α,β-unsaturated/α-hetero) is 1. The van der Waals surface area contributed by atoms with Gasteiger partial charge in [-0.15, -0.1) is 0 Å². The van der Waals surface area contributed by atoms with Gasteiger partial charge in [0.25, 0.3) is 0 Å². The lowest BCUT2D eigenvalue weighted by Gasteiger charge is -2.07. The monoisotopic (exact) mass is 344 g/mol. The molecule has 0 atom stereocenters. The van der Waals surface area contributed by atoms with Gasteiger partial charge in [-0.3, -0.25) is 4.79 Å². The SMILES string of the molecule is O=C(COc1ccc(Br)cc1F)c1cc(F)ccc1F. The van der Waals surface area contributed by atoms with Gasteiger partial charge in [-0.25, -0.2) is 13.2 Å². The van der Waals surface area contributed by atoms with Crippen molar-refractivity contribution in [1.82, 2.24) is 0 Å². The molecule has 2 aromatic carbocycles. The van der Waals surface area contributed by atoms with Crippen LogP contribution >= 0.6 is 15.9 Å². The zero-order valence-corrected chi connectivity index (χ0v) is 11.6. The van der Waals surface area contributed by atoms with E-state index in [2.05, 4.69) is 15.9 Å². The zero-order valence-electron chi connectivity index (χ0n) is 10.00. The van der Waals surface area contributed by atoms with Gasteiger partial charge < -0.3 is 4.74 Å². The lowest BCUT2D eigenvalue weighted by atomic mass is 10.1. The minimum Gasteiger partial charge on any atom is -0.482 e. The lowest BCUT2D eigenvalue weighted by molar-refractivity contribution is 0.0914. The third kappa shape index (κ3) is 3.39. The fourth-order valence-corrected chi connectivity index (χ4v) is 1.86. The maximum atomic E-state index is 13.4. The van der Waals surface area contributed by atoms with Gasteiger partial charge in [0.05, 0.1) is 5.56 Å². The number of carbonyl (C=O) groups excluding carboxylic acids is 1. The Hall–Kier alpha value is -1.82. The highest BCUT2D eigenvalue weighted by Crippen LogP contribution is 2.21. The number of hydrogen-bond acceptors (Lipinski definition) is 2. The second-order valence-electron chi connectivity index (χ2n) is 3.91. The quantitative estimate of drug-likeness (QED) is 0.779. The van der Waals surface area contributed by atoms with Crippen molar-refractivity contribution in [3.63, 3.8) is 0 Å². The van der Waals surface area contributed by atoms with E-state index >= 15 is 0 Å². The van der Waals surface area contributed by atoms with Gasteiger partial charge in [0.2, 0.25) is 5.78 Å². The summed E-state index contributed by atoms with van der Waals surface area (Å²) in [5.41, 5.74) is -0.428. The second-order valence-corrected chi connectivity index (χ2v) is 4.83.